The van der Waals surface area contributed by atoms with Crippen LogP contribution < -0.4 is 10.9 Å². The van der Waals surface area contributed by atoms with Gasteiger partial charge in [-0.05, 0) is 61.2 Å². The number of anilines is 1. The number of aromatic nitrogens is 2. The van der Waals surface area contributed by atoms with Gasteiger partial charge in [-0.15, -0.1) is 0 Å². The Balaban J connectivity index is 1.63. The lowest BCUT2D eigenvalue weighted by Gasteiger charge is -2.16. The molecule has 1 saturated carbocycles. The number of aryl methyl sites for hydroxylation is 1. The quantitative estimate of drug-likeness (QED) is 0.665. The van der Waals surface area contributed by atoms with Crippen LogP contribution in [-0.2, 0) is 10.2 Å². The van der Waals surface area contributed by atoms with Gasteiger partial charge in [0, 0.05) is 6.20 Å². The molecular formula is C21H19N3O3. The number of aromatic hydroxyl groups is 1. The molecule has 6 heteroatoms. The molecule has 3 N–H and O–H groups in total. The summed E-state index contributed by atoms with van der Waals surface area (Å²) in [5, 5.41) is 12.4. The Hall–Kier alpha value is -3.41. The summed E-state index contributed by atoms with van der Waals surface area (Å²) in [4.78, 5) is 32.1. The Bertz CT molecular complexity index is 1070. The highest BCUT2D eigenvalue weighted by molar-refractivity contribution is 6.01. The van der Waals surface area contributed by atoms with Gasteiger partial charge >= 0.3 is 0 Å². The molecule has 0 atom stereocenters. The highest BCUT2D eigenvalue weighted by atomic mass is 16.3. The number of carbonyl (C=O) groups is 1. The van der Waals surface area contributed by atoms with Crippen LogP contribution in [-0.4, -0.2) is 21.0 Å². The Morgan fingerprint density at radius 3 is 2.56 bits per heavy atom. The first-order chi connectivity index (χ1) is 13.0. The minimum atomic E-state index is -0.579. The highest BCUT2D eigenvalue weighted by Gasteiger charge is 2.51. The molecule has 6 nitrogen and oxygen atoms in total. The van der Waals surface area contributed by atoms with E-state index in [1.807, 2.05) is 13.0 Å². The predicted molar refractivity (Wildman–Crippen MR) is 103 cm³/mol. The molecule has 1 aromatic carbocycles. The second-order valence-corrected chi connectivity index (χ2v) is 6.86. The lowest BCUT2D eigenvalue weighted by molar-refractivity contribution is -0.118. The van der Waals surface area contributed by atoms with Crippen molar-refractivity contribution in [3.05, 3.63) is 76.2 Å². The van der Waals surface area contributed by atoms with Gasteiger partial charge in [0.25, 0.3) is 5.56 Å². The maximum absolute atomic E-state index is 12.9. The van der Waals surface area contributed by atoms with Crippen molar-refractivity contribution in [2.45, 2.75) is 25.2 Å². The first kappa shape index (κ1) is 17.0. The maximum atomic E-state index is 12.9. The van der Waals surface area contributed by atoms with Crippen molar-refractivity contribution in [1.82, 2.24) is 9.97 Å². The van der Waals surface area contributed by atoms with Crippen LogP contribution in [0.3, 0.4) is 0 Å². The van der Waals surface area contributed by atoms with Gasteiger partial charge in [0.15, 0.2) is 0 Å². The normalized spacial score (nSPS) is 14.6. The van der Waals surface area contributed by atoms with Crippen LogP contribution in [0.2, 0.25) is 0 Å². The van der Waals surface area contributed by atoms with E-state index in [4.69, 9.17) is 0 Å². The fourth-order valence-electron chi connectivity index (χ4n) is 3.27. The molecular weight excluding hydrogens is 342 g/mol. The van der Waals surface area contributed by atoms with Gasteiger partial charge in [-0.2, -0.15) is 0 Å². The van der Waals surface area contributed by atoms with Crippen molar-refractivity contribution in [1.29, 1.82) is 0 Å². The van der Waals surface area contributed by atoms with E-state index >= 15 is 0 Å². The fraction of sp³-hybridized carbons (Fsp3) is 0.190. The fourth-order valence-corrected chi connectivity index (χ4v) is 3.27. The summed E-state index contributed by atoms with van der Waals surface area (Å²) in [7, 11) is 0. The molecule has 1 aliphatic rings. The molecule has 1 fully saturated rings. The van der Waals surface area contributed by atoms with Crippen molar-refractivity contribution in [3.63, 3.8) is 0 Å². The average Bonchev–Trinajstić information content (AvgIpc) is 3.46. The van der Waals surface area contributed by atoms with Crippen molar-refractivity contribution < 1.29 is 9.90 Å². The van der Waals surface area contributed by atoms with Crippen LogP contribution in [0.25, 0.3) is 11.3 Å². The summed E-state index contributed by atoms with van der Waals surface area (Å²) < 4.78 is 0. The number of nitrogens with zero attached hydrogens (tertiary/aromatic N) is 1. The number of phenolic OH excluding ortho intramolecular Hbond substituents is 1. The molecule has 4 rings (SSSR count). The number of nitrogens with one attached hydrogen (secondary N) is 2. The molecule has 1 amide bonds. The molecule has 0 spiro atoms. The van der Waals surface area contributed by atoms with Crippen LogP contribution in [0.5, 0.6) is 5.75 Å². The summed E-state index contributed by atoms with van der Waals surface area (Å²) in [5.41, 5.74) is 1.94. The van der Waals surface area contributed by atoms with Crippen molar-refractivity contribution in [3.8, 4) is 17.0 Å². The number of hydrogen-bond acceptors (Lipinski definition) is 4. The Labute approximate surface area is 155 Å². The van der Waals surface area contributed by atoms with E-state index in [9.17, 15) is 14.7 Å². The minimum Gasteiger partial charge on any atom is -0.508 e. The number of amides is 1. The molecule has 0 bridgehead atoms. The molecule has 0 aliphatic heterocycles. The predicted octanol–water partition coefficient (Wildman–Crippen LogP) is 3.12. The molecule has 2 heterocycles. The second kappa shape index (κ2) is 6.39. The number of H-pyrrole nitrogens is 1. The van der Waals surface area contributed by atoms with E-state index < -0.39 is 5.41 Å². The third-order valence-corrected chi connectivity index (χ3v) is 5.02. The van der Waals surface area contributed by atoms with E-state index in [0.29, 0.717) is 17.1 Å². The van der Waals surface area contributed by atoms with E-state index in [2.05, 4.69) is 15.3 Å². The second-order valence-electron chi connectivity index (χ2n) is 6.86. The van der Waals surface area contributed by atoms with Crippen LogP contribution in [0, 0.1) is 6.92 Å². The van der Waals surface area contributed by atoms with Gasteiger partial charge in [0.05, 0.1) is 16.7 Å². The van der Waals surface area contributed by atoms with Crippen LogP contribution >= 0.6 is 0 Å². The van der Waals surface area contributed by atoms with E-state index in [0.717, 1.165) is 24.0 Å². The molecule has 2 aromatic heterocycles. The molecule has 0 unspecified atom stereocenters. The Kier molecular flexibility index (Phi) is 4.03. The minimum absolute atomic E-state index is 0.127. The van der Waals surface area contributed by atoms with Crippen molar-refractivity contribution in [2.24, 2.45) is 0 Å². The zero-order chi connectivity index (χ0) is 19.0. The van der Waals surface area contributed by atoms with Crippen LogP contribution in [0.15, 0.2) is 59.5 Å². The number of aromatic amines is 1. The Morgan fingerprint density at radius 1 is 1.15 bits per heavy atom. The van der Waals surface area contributed by atoms with Crippen molar-refractivity contribution in [2.75, 3.05) is 5.32 Å². The number of pyridine rings is 2. The zero-order valence-corrected chi connectivity index (χ0v) is 14.8. The number of rotatable bonds is 4. The summed E-state index contributed by atoms with van der Waals surface area (Å²) in [6.45, 7) is 1.87. The number of benzene rings is 1. The zero-order valence-electron chi connectivity index (χ0n) is 14.8. The molecule has 1 aliphatic carbocycles. The van der Waals surface area contributed by atoms with Gasteiger partial charge in [-0.3, -0.25) is 9.59 Å². The summed E-state index contributed by atoms with van der Waals surface area (Å²) in [6, 6.07) is 13.8. The first-order valence-corrected chi connectivity index (χ1v) is 8.76. The monoisotopic (exact) mass is 361 g/mol. The summed E-state index contributed by atoms with van der Waals surface area (Å²) in [5.74, 6) is 0.458. The molecule has 0 saturated heterocycles. The van der Waals surface area contributed by atoms with E-state index in [1.165, 1.54) is 0 Å². The number of hydrogen-bond donors (Lipinski definition) is 3. The molecule has 0 radical (unpaired) electrons. The lowest BCUT2D eigenvalue weighted by Crippen LogP contribution is -2.28. The van der Waals surface area contributed by atoms with Gasteiger partial charge in [0.2, 0.25) is 5.91 Å². The van der Waals surface area contributed by atoms with Crippen LogP contribution in [0.1, 0.15) is 24.0 Å². The van der Waals surface area contributed by atoms with E-state index in [1.54, 1.807) is 48.7 Å². The molecule has 3 aromatic rings. The average molecular weight is 361 g/mol. The lowest BCUT2D eigenvalue weighted by atomic mass is 9.95. The topological polar surface area (TPSA) is 95.1 Å². The van der Waals surface area contributed by atoms with Gasteiger partial charge in [-0.1, -0.05) is 18.2 Å². The standard InChI is InChI=1S/C21H19N3O3/c1-13-4-9-17(23-18(13)16-3-2-12-22-19(16)26)24-20(27)21(10-11-21)14-5-7-15(25)8-6-14/h2-9,12,25H,10-11H2,1H3,(H,22,26)(H,23,24,27). The first-order valence-electron chi connectivity index (χ1n) is 8.76. The Morgan fingerprint density at radius 2 is 1.89 bits per heavy atom. The third-order valence-electron chi connectivity index (χ3n) is 5.02. The van der Waals surface area contributed by atoms with Gasteiger partial charge in [-0.25, -0.2) is 4.98 Å². The third kappa shape index (κ3) is 3.10. The number of carbonyl (C=O) groups excluding carboxylic acids is 1. The van der Waals surface area contributed by atoms with Gasteiger partial charge in [0.1, 0.15) is 11.6 Å². The smallest absolute Gasteiger partial charge is 0.257 e. The molecule has 27 heavy (non-hydrogen) atoms. The van der Waals surface area contributed by atoms with Gasteiger partial charge < -0.3 is 15.4 Å². The summed E-state index contributed by atoms with van der Waals surface area (Å²) >= 11 is 0. The van der Waals surface area contributed by atoms with Crippen molar-refractivity contribution >= 4 is 11.7 Å². The van der Waals surface area contributed by atoms with E-state index in [-0.39, 0.29) is 17.2 Å². The SMILES string of the molecule is Cc1ccc(NC(=O)C2(c3ccc(O)cc3)CC2)nc1-c1ccc[nH]c1=O. The highest BCUT2D eigenvalue weighted by Crippen LogP contribution is 2.49. The molecule has 136 valence electrons. The largest absolute Gasteiger partial charge is 0.508 e. The van der Waals surface area contributed by atoms with Crippen LogP contribution in [0.4, 0.5) is 5.82 Å². The number of phenols is 1. The maximum Gasteiger partial charge on any atom is 0.257 e. The summed E-state index contributed by atoms with van der Waals surface area (Å²) in [6.07, 6.45) is 3.07.